The zero-order valence-corrected chi connectivity index (χ0v) is 11.9. The number of carbonyl (C=O) groups is 2. The quantitative estimate of drug-likeness (QED) is 0.838. The highest BCUT2D eigenvalue weighted by molar-refractivity contribution is 7.98. The molecule has 0 aliphatic rings. The number of carboxylic acid groups (broad SMARTS) is 1. The van der Waals surface area contributed by atoms with Crippen molar-refractivity contribution in [1.29, 1.82) is 0 Å². The lowest BCUT2D eigenvalue weighted by molar-refractivity contribution is -0.136. The Labute approximate surface area is 117 Å². The van der Waals surface area contributed by atoms with E-state index in [4.69, 9.17) is 5.11 Å². The molecule has 0 unspecified atom stereocenters. The Morgan fingerprint density at radius 1 is 1.37 bits per heavy atom. The summed E-state index contributed by atoms with van der Waals surface area (Å²) in [5.74, 6) is -0.0572. The van der Waals surface area contributed by atoms with Crippen molar-refractivity contribution in [3.63, 3.8) is 0 Å². The second-order valence-electron chi connectivity index (χ2n) is 4.07. The topological polar surface area (TPSA) is 69.6 Å². The minimum absolute atomic E-state index is 0.106. The first-order chi connectivity index (χ1) is 9.04. The molecule has 0 atom stereocenters. The second-order valence-corrected chi connectivity index (χ2v) is 5.06. The van der Waals surface area contributed by atoms with Crippen LogP contribution in [-0.4, -0.2) is 47.6 Å². The highest BCUT2D eigenvalue weighted by atomic mass is 32.2. The monoisotopic (exact) mass is 282 g/mol. The van der Waals surface area contributed by atoms with Crippen LogP contribution in [0.3, 0.4) is 0 Å². The molecule has 2 amide bonds. The van der Waals surface area contributed by atoms with Crippen LogP contribution in [0.1, 0.15) is 5.56 Å². The summed E-state index contributed by atoms with van der Waals surface area (Å²) in [6.45, 7) is 0.647. The number of benzene rings is 1. The van der Waals surface area contributed by atoms with Crippen LogP contribution in [0.25, 0.3) is 0 Å². The zero-order chi connectivity index (χ0) is 14.3. The van der Waals surface area contributed by atoms with Crippen LogP contribution >= 0.6 is 11.8 Å². The van der Waals surface area contributed by atoms with E-state index in [1.807, 2.05) is 6.26 Å². The first kappa shape index (κ1) is 15.4. The van der Waals surface area contributed by atoms with Crippen LogP contribution in [0.15, 0.2) is 24.3 Å². The van der Waals surface area contributed by atoms with Gasteiger partial charge >= 0.3 is 12.0 Å². The number of hydrogen-bond donors (Lipinski definition) is 2. The van der Waals surface area contributed by atoms with Crippen molar-refractivity contribution >= 4 is 29.4 Å². The number of carboxylic acids is 1. The molecule has 19 heavy (non-hydrogen) atoms. The summed E-state index contributed by atoms with van der Waals surface area (Å²) in [6, 6.07) is 6.70. The average Bonchev–Trinajstić information content (AvgIpc) is 2.37. The molecule has 2 N–H and O–H groups in total. The predicted molar refractivity (Wildman–Crippen MR) is 77.8 cm³/mol. The smallest absolute Gasteiger partial charge is 0.321 e. The van der Waals surface area contributed by atoms with E-state index < -0.39 is 5.97 Å². The molecule has 6 heteroatoms. The maximum absolute atomic E-state index is 11.9. The van der Waals surface area contributed by atoms with Gasteiger partial charge in [0.1, 0.15) is 0 Å². The number of thioether (sulfide) groups is 1. The molecule has 0 aliphatic carbocycles. The number of hydrogen-bond acceptors (Lipinski definition) is 3. The SMILES string of the molecule is CSCCN(C)C(=O)Nc1ccccc1CC(=O)O. The van der Waals surface area contributed by atoms with E-state index in [1.165, 1.54) is 0 Å². The molecular weight excluding hydrogens is 264 g/mol. The summed E-state index contributed by atoms with van der Waals surface area (Å²) in [6.07, 6.45) is 1.87. The van der Waals surface area contributed by atoms with E-state index in [0.29, 0.717) is 17.8 Å². The van der Waals surface area contributed by atoms with Crippen molar-refractivity contribution in [3.05, 3.63) is 29.8 Å². The largest absolute Gasteiger partial charge is 0.481 e. The van der Waals surface area contributed by atoms with Crippen molar-refractivity contribution in [3.8, 4) is 0 Å². The highest BCUT2D eigenvalue weighted by Gasteiger charge is 2.12. The van der Waals surface area contributed by atoms with Crippen LogP contribution in [0.4, 0.5) is 10.5 Å². The molecule has 1 aromatic carbocycles. The van der Waals surface area contributed by atoms with Gasteiger partial charge in [0, 0.05) is 25.0 Å². The molecule has 1 rings (SSSR count). The molecule has 0 aromatic heterocycles. The average molecular weight is 282 g/mol. The van der Waals surface area contributed by atoms with E-state index in [2.05, 4.69) is 5.32 Å². The fraction of sp³-hybridized carbons (Fsp3) is 0.385. The van der Waals surface area contributed by atoms with Gasteiger partial charge in [-0.1, -0.05) is 18.2 Å². The number of carbonyl (C=O) groups excluding carboxylic acids is 1. The maximum Gasteiger partial charge on any atom is 0.321 e. The summed E-state index contributed by atoms with van der Waals surface area (Å²) in [5.41, 5.74) is 1.15. The van der Waals surface area contributed by atoms with Crippen molar-refractivity contribution < 1.29 is 14.7 Å². The van der Waals surface area contributed by atoms with Gasteiger partial charge in [0.25, 0.3) is 0 Å². The van der Waals surface area contributed by atoms with Gasteiger partial charge in [-0.25, -0.2) is 4.79 Å². The van der Waals surface area contributed by atoms with Gasteiger partial charge in [0.15, 0.2) is 0 Å². The van der Waals surface area contributed by atoms with Gasteiger partial charge in [-0.3, -0.25) is 4.79 Å². The number of amides is 2. The fourth-order valence-electron chi connectivity index (χ4n) is 1.50. The molecular formula is C13H18N2O3S. The molecule has 0 saturated heterocycles. The number of urea groups is 1. The molecule has 0 spiro atoms. The standard InChI is InChI=1S/C13H18N2O3S/c1-15(7-8-19-2)13(18)14-11-6-4-3-5-10(11)9-12(16)17/h3-6H,7-9H2,1-2H3,(H,14,18)(H,16,17). The molecule has 1 aromatic rings. The second kappa shape index (κ2) is 7.68. The van der Waals surface area contributed by atoms with E-state index in [9.17, 15) is 9.59 Å². The first-order valence-corrected chi connectivity index (χ1v) is 7.24. The predicted octanol–water partition coefficient (Wildman–Crippen LogP) is 2.14. The minimum Gasteiger partial charge on any atom is -0.481 e. The fourth-order valence-corrected chi connectivity index (χ4v) is 1.96. The molecule has 0 fully saturated rings. The summed E-state index contributed by atoms with van der Waals surface area (Å²) in [7, 11) is 1.71. The van der Waals surface area contributed by atoms with Crippen LogP contribution < -0.4 is 5.32 Å². The minimum atomic E-state index is -0.919. The van der Waals surface area contributed by atoms with Gasteiger partial charge in [-0.2, -0.15) is 11.8 Å². The van der Waals surface area contributed by atoms with Gasteiger partial charge < -0.3 is 15.3 Å². The Bertz CT molecular complexity index is 451. The first-order valence-electron chi connectivity index (χ1n) is 5.85. The zero-order valence-electron chi connectivity index (χ0n) is 11.0. The maximum atomic E-state index is 11.9. The molecule has 0 bridgehead atoms. The Balaban J connectivity index is 2.70. The lowest BCUT2D eigenvalue weighted by Gasteiger charge is -2.18. The number of nitrogens with zero attached hydrogens (tertiary/aromatic N) is 1. The summed E-state index contributed by atoms with van der Waals surface area (Å²) in [4.78, 5) is 24.2. The van der Waals surface area contributed by atoms with Gasteiger partial charge in [0.05, 0.1) is 6.42 Å². The normalized spacial score (nSPS) is 10.0. The van der Waals surface area contributed by atoms with E-state index >= 15 is 0 Å². The number of nitrogens with one attached hydrogen (secondary N) is 1. The van der Waals surface area contributed by atoms with Gasteiger partial charge in [0.2, 0.25) is 0 Å². The third-order valence-electron chi connectivity index (χ3n) is 2.58. The number of rotatable bonds is 6. The van der Waals surface area contributed by atoms with Crippen LogP contribution in [0, 0.1) is 0 Å². The molecule has 0 saturated carbocycles. The summed E-state index contributed by atoms with van der Waals surface area (Å²) < 4.78 is 0. The van der Waals surface area contributed by atoms with Crippen molar-refractivity contribution in [2.75, 3.05) is 30.9 Å². The van der Waals surface area contributed by atoms with E-state index in [-0.39, 0.29) is 12.5 Å². The van der Waals surface area contributed by atoms with Gasteiger partial charge in [-0.05, 0) is 17.9 Å². The molecule has 0 heterocycles. The Morgan fingerprint density at radius 2 is 2.05 bits per heavy atom. The lowest BCUT2D eigenvalue weighted by atomic mass is 10.1. The van der Waals surface area contributed by atoms with Crippen LogP contribution in [-0.2, 0) is 11.2 Å². The van der Waals surface area contributed by atoms with Crippen LogP contribution in [0.2, 0.25) is 0 Å². The lowest BCUT2D eigenvalue weighted by Crippen LogP contribution is -2.33. The van der Waals surface area contributed by atoms with E-state index in [1.54, 1.807) is 48.0 Å². The third-order valence-corrected chi connectivity index (χ3v) is 3.17. The Kier molecular flexibility index (Phi) is 6.21. The molecule has 0 aliphatic heterocycles. The van der Waals surface area contributed by atoms with Crippen molar-refractivity contribution in [2.45, 2.75) is 6.42 Å². The van der Waals surface area contributed by atoms with E-state index in [0.717, 1.165) is 5.75 Å². The molecule has 0 radical (unpaired) electrons. The van der Waals surface area contributed by atoms with Crippen LogP contribution in [0.5, 0.6) is 0 Å². The van der Waals surface area contributed by atoms with Gasteiger partial charge in [-0.15, -0.1) is 0 Å². The Morgan fingerprint density at radius 3 is 2.68 bits per heavy atom. The summed E-state index contributed by atoms with van der Waals surface area (Å²) in [5, 5.41) is 11.6. The molecule has 104 valence electrons. The van der Waals surface area contributed by atoms with Crippen molar-refractivity contribution in [1.82, 2.24) is 4.90 Å². The highest BCUT2D eigenvalue weighted by Crippen LogP contribution is 2.16. The number of aliphatic carboxylic acids is 1. The summed E-state index contributed by atoms with van der Waals surface area (Å²) >= 11 is 1.67. The molecule has 5 nitrogen and oxygen atoms in total. The number of anilines is 1. The Hall–Kier alpha value is -1.69. The van der Waals surface area contributed by atoms with Crippen molar-refractivity contribution in [2.24, 2.45) is 0 Å². The third kappa shape index (κ3) is 5.21. The number of para-hydroxylation sites is 1.